The topological polar surface area (TPSA) is 33.1 Å². The number of aliphatic hydroxyl groups is 1. The number of thiazole rings is 1. The van der Waals surface area contributed by atoms with E-state index < -0.39 is 6.10 Å². The van der Waals surface area contributed by atoms with Gasteiger partial charge >= 0.3 is 0 Å². The van der Waals surface area contributed by atoms with Gasteiger partial charge in [-0.3, -0.25) is 4.98 Å². The van der Waals surface area contributed by atoms with Crippen molar-refractivity contribution in [1.82, 2.24) is 4.98 Å². The van der Waals surface area contributed by atoms with Crippen LogP contribution in [-0.4, -0.2) is 10.1 Å². The first-order chi connectivity index (χ1) is 7.38. The second-order valence-electron chi connectivity index (χ2n) is 4.04. The van der Waals surface area contributed by atoms with Crippen LogP contribution in [0.3, 0.4) is 0 Å². The Kier molecular flexibility index (Phi) is 3.92. The first kappa shape index (κ1) is 10.8. The molecule has 0 aliphatic heterocycles. The van der Waals surface area contributed by atoms with E-state index >= 15 is 0 Å². The zero-order valence-electron chi connectivity index (χ0n) is 8.85. The number of aromatic nitrogens is 1. The minimum absolute atomic E-state index is 0.407. The largest absolute Gasteiger partial charge is 0.383 e. The molecule has 2 nitrogen and oxygen atoms in total. The van der Waals surface area contributed by atoms with Crippen LogP contribution in [0.5, 0.6) is 0 Å². The molecule has 2 rings (SSSR count). The minimum atomic E-state index is -0.407. The smallest absolute Gasteiger partial charge is 0.111 e. The van der Waals surface area contributed by atoms with Gasteiger partial charge in [-0.15, -0.1) is 11.3 Å². The van der Waals surface area contributed by atoms with Crippen LogP contribution in [0.2, 0.25) is 0 Å². The van der Waals surface area contributed by atoms with Gasteiger partial charge in [0.15, 0.2) is 0 Å². The molecular formula is C12H17NOS. The first-order valence-corrected chi connectivity index (χ1v) is 6.51. The first-order valence-electron chi connectivity index (χ1n) is 5.63. The van der Waals surface area contributed by atoms with Gasteiger partial charge in [0.25, 0.3) is 0 Å². The van der Waals surface area contributed by atoms with Gasteiger partial charge in [-0.05, 0) is 31.3 Å². The summed E-state index contributed by atoms with van der Waals surface area (Å²) in [4.78, 5) is 4.99. The van der Waals surface area contributed by atoms with Gasteiger partial charge in [0.2, 0.25) is 0 Å². The van der Waals surface area contributed by atoms with Crippen LogP contribution in [-0.2, 0) is 0 Å². The third-order valence-corrected chi connectivity index (χ3v) is 3.73. The predicted molar refractivity (Wildman–Crippen MR) is 62.9 cm³/mol. The number of rotatable bonds is 2. The van der Waals surface area contributed by atoms with Crippen LogP contribution >= 0.6 is 11.3 Å². The van der Waals surface area contributed by atoms with Crippen molar-refractivity contribution < 1.29 is 5.11 Å². The Hall–Kier alpha value is -0.670. The third kappa shape index (κ3) is 2.89. The van der Waals surface area contributed by atoms with Gasteiger partial charge in [-0.2, -0.15) is 0 Å². The van der Waals surface area contributed by atoms with Gasteiger partial charge in [-0.25, -0.2) is 0 Å². The number of aliphatic hydroxyl groups excluding tert-OH is 1. The van der Waals surface area contributed by atoms with Crippen molar-refractivity contribution in [2.75, 3.05) is 0 Å². The summed E-state index contributed by atoms with van der Waals surface area (Å²) in [7, 11) is 0. The van der Waals surface area contributed by atoms with Crippen molar-refractivity contribution in [3.8, 4) is 0 Å². The van der Waals surface area contributed by atoms with Crippen molar-refractivity contribution in [2.24, 2.45) is 0 Å². The minimum Gasteiger partial charge on any atom is -0.383 e. The molecule has 1 unspecified atom stereocenters. The van der Waals surface area contributed by atoms with E-state index in [-0.39, 0.29) is 0 Å². The summed E-state index contributed by atoms with van der Waals surface area (Å²) in [5, 5.41) is 10.2. The quantitative estimate of drug-likeness (QED) is 0.779. The van der Waals surface area contributed by atoms with E-state index in [2.05, 4.69) is 11.1 Å². The molecule has 1 aromatic heterocycles. The second kappa shape index (κ2) is 5.42. The van der Waals surface area contributed by atoms with Crippen molar-refractivity contribution in [3.05, 3.63) is 28.2 Å². The third-order valence-electron chi connectivity index (χ3n) is 2.90. The molecule has 1 N–H and O–H groups in total. The summed E-state index contributed by atoms with van der Waals surface area (Å²) in [6, 6.07) is 0. The molecule has 0 radical (unpaired) electrons. The summed E-state index contributed by atoms with van der Waals surface area (Å²) in [6.45, 7) is 0. The Morgan fingerprint density at radius 3 is 2.93 bits per heavy atom. The normalized spacial score (nSPS) is 20.2. The molecule has 15 heavy (non-hydrogen) atoms. The van der Waals surface area contributed by atoms with Crippen LogP contribution in [0.4, 0.5) is 0 Å². The molecule has 0 fully saturated rings. The predicted octanol–water partition coefficient (Wildman–Crippen LogP) is 3.46. The SMILES string of the molecule is OC(C1=CCCCCCC1)c1cncs1. The lowest BCUT2D eigenvalue weighted by atomic mass is 9.96. The van der Waals surface area contributed by atoms with Crippen LogP contribution in [0.25, 0.3) is 0 Å². The maximum absolute atomic E-state index is 10.2. The van der Waals surface area contributed by atoms with Crippen LogP contribution < -0.4 is 0 Å². The summed E-state index contributed by atoms with van der Waals surface area (Å²) < 4.78 is 0. The van der Waals surface area contributed by atoms with Gasteiger partial charge in [0.05, 0.1) is 10.4 Å². The molecule has 3 heteroatoms. The van der Waals surface area contributed by atoms with Gasteiger partial charge < -0.3 is 5.11 Å². The summed E-state index contributed by atoms with van der Waals surface area (Å²) in [6.07, 6.45) is 10.9. The number of allylic oxidation sites excluding steroid dienone is 1. The molecule has 1 atom stereocenters. The van der Waals surface area contributed by atoms with E-state index in [9.17, 15) is 5.11 Å². The van der Waals surface area contributed by atoms with Gasteiger partial charge in [0.1, 0.15) is 6.10 Å². The zero-order chi connectivity index (χ0) is 10.5. The fraction of sp³-hybridized carbons (Fsp3) is 0.583. The van der Waals surface area contributed by atoms with E-state index in [0.29, 0.717) is 0 Å². The van der Waals surface area contributed by atoms with Crippen molar-refractivity contribution >= 4 is 11.3 Å². The molecule has 1 aliphatic carbocycles. The second-order valence-corrected chi connectivity index (χ2v) is 4.96. The number of hydrogen-bond donors (Lipinski definition) is 1. The highest BCUT2D eigenvalue weighted by atomic mass is 32.1. The summed E-state index contributed by atoms with van der Waals surface area (Å²) in [5.74, 6) is 0. The fourth-order valence-corrected chi connectivity index (χ4v) is 2.65. The van der Waals surface area contributed by atoms with Crippen LogP contribution in [0.1, 0.15) is 49.5 Å². The van der Waals surface area contributed by atoms with Crippen LogP contribution in [0, 0.1) is 0 Å². The number of nitrogens with zero attached hydrogens (tertiary/aromatic N) is 1. The molecule has 0 aromatic carbocycles. The molecule has 0 bridgehead atoms. The van der Waals surface area contributed by atoms with Crippen molar-refractivity contribution in [2.45, 2.75) is 44.6 Å². The molecule has 1 aromatic rings. The lowest BCUT2D eigenvalue weighted by Crippen LogP contribution is -2.01. The Morgan fingerprint density at radius 2 is 2.13 bits per heavy atom. The summed E-state index contributed by atoms with van der Waals surface area (Å²) >= 11 is 1.53. The Bertz CT molecular complexity index is 318. The molecule has 0 spiro atoms. The summed E-state index contributed by atoms with van der Waals surface area (Å²) in [5.41, 5.74) is 2.97. The Labute approximate surface area is 94.7 Å². The molecular weight excluding hydrogens is 206 g/mol. The van der Waals surface area contributed by atoms with Gasteiger partial charge in [-0.1, -0.05) is 18.9 Å². The Balaban J connectivity index is 2.07. The maximum atomic E-state index is 10.2. The maximum Gasteiger partial charge on any atom is 0.111 e. The molecule has 82 valence electrons. The van der Waals surface area contributed by atoms with Gasteiger partial charge in [0, 0.05) is 6.20 Å². The molecule has 1 heterocycles. The molecule has 1 aliphatic rings. The monoisotopic (exact) mass is 223 g/mol. The van der Waals surface area contributed by atoms with Crippen LogP contribution in [0.15, 0.2) is 23.4 Å². The fourth-order valence-electron chi connectivity index (χ4n) is 2.01. The highest BCUT2D eigenvalue weighted by molar-refractivity contribution is 7.09. The molecule has 0 saturated heterocycles. The average Bonchev–Trinajstić information content (AvgIpc) is 2.68. The van der Waals surface area contributed by atoms with E-state index in [1.54, 1.807) is 11.7 Å². The molecule has 0 saturated carbocycles. The lowest BCUT2D eigenvalue weighted by Gasteiger charge is -2.15. The standard InChI is InChI=1S/C12H17NOS/c14-12(11-8-13-9-15-11)10-6-4-2-1-3-5-7-10/h6,8-9,12,14H,1-5,7H2. The molecule has 0 amide bonds. The van der Waals surface area contributed by atoms with E-state index in [1.165, 1.54) is 42.6 Å². The number of hydrogen-bond acceptors (Lipinski definition) is 3. The van der Waals surface area contributed by atoms with E-state index in [4.69, 9.17) is 0 Å². The average molecular weight is 223 g/mol. The van der Waals surface area contributed by atoms with Crippen molar-refractivity contribution in [3.63, 3.8) is 0 Å². The lowest BCUT2D eigenvalue weighted by molar-refractivity contribution is 0.213. The highest BCUT2D eigenvalue weighted by Crippen LogP contribution is 2.30. The van der Waals surface area contributed by atoms with E-state index in [0.717, 1.165) is 17.7 Å². The Morgan fingerprint density at radius 1 is 1.27 bits per heavy atom. The zero-order valence-corrected chi connectivity index (χ0v) is 9.67. The highest BCUT2D eigenvalue weighted by Gasteiger charge is 2.15. The van der Waals surface area contributed by atoms with Crippen molar-refractivity contribution in [1.29, 1.82) is 0 Å². The van der Waals surface area contributed by atoms with E-state index in [1.807, 2.05) is 0 Å².